The van der Waals surface area contributed by atoms with Crippen LogP contribution in [0.4, 0.5) is 0 Å². The molecule has 1 aromatic rings. The van der Waals surface area contributed by atoms with E-state index in [1.807, 2.05) is 0 Å². The van der Waals surface area contributed by atoms with Crippen LogP contribution in [0.25, 0.3) is 0 Å². The second kappa shape index (κ2) is 7.86. The number of hydrogen-bond donors (Lipinski definition) is 2. The highest BCUT2D eigenvalue weighted by Gasteiger charge is 2.20. The van der Waals surface area contributed by atoms with E-state index in [0.717, 1.165) is 4.47 Å². The van der Waals surface area contributed by atoms with E-state index in [1.54, 1.807) is 31.2 Å². The zero-order valence-corrected chi connectivity index (χ0v) is 12.7. The van der Waals surface area contributed by atoms with Gasteiger partial charge in [0.25, 0.3) is 5.91 Å². The molecule has 6 nitrogen and oxygen atoms in total. The maximum Gasteiger partial charge on any atom is 0.334 e. The van der Waals surface area contributed by atoms with Crippen LogP contribution in [-0.4, -0.2) is 42.8 Å². The third kappa shape index (κ3) is 5.18. The van der Waals surface area contributed by atoms with E-state index >= 15 is 0 Å². The smallest absolute Gasteiger partial charge is 0.334 e. The molecule has 0 heterocycles. The zero-order valence-electron chi connectivity index (χ0n) is 11.1. The van der Waals surface area contributed by atoms with Crippen molar-refractivity contribution in [2.45, 2.75) is 19.1 Å². The molecular formula is C13H16BrNO5. The van der Waals surface area contributed by atoms with Crippen LogP contribution < -0.4 is 10.1 Å². The number of aliphatic carboxylic acids is 1. The fraction of sp³-hybridized carbons (Fsp3) is 0.385. The minimum atomic E-state index is -1.13. The highest BCUT2D eigenvalue weighted by atomic mass is 79.9. The second-order valence-electron chi connectivity index (χ2n) is 4.02. The fourth-order valence-corrected chi connectivity index (χ4v) is 1.64. The first-order chi connectivity index (χ1) is 9.43. The Morgan fingerprint density at radius 1 is 1.35 bits per heavy atom. The van der Waals surface area contributed by atoms with E-state index in [2.05, 4.69) is 21.2 Å². The average molecular weight is 346 g/mol. The summed E-state index contributed by atoms with van der Waals surface area (Å²) in [5, 5.41) is 11.2. The van der Waals surface area contributed by atoms with Crippen molar-refractivity contribution in [1.82, 2.24) is 5.32 Å². The highest BCUT2D eigenvalue weighted by Crippen LogP contribution is 2.17. The summed E-state index contributed by atoms with van der Waals surface area (Å²) in [4.78, 5) is 22.5. The SMILES string of the molecule is COC(CNC(=O)C(C)Oc1ccc(Br)cc1)C(=O)O. The van der Waals surface area contributed by atoms with Crippen LogP contribution in [0.3, 0.4) is 0 Å². The maximum absolute atomic E-state index is 11.8. The van der Waals surface area contributed by atoms with E-state index in [1.165, 1.54) is 7.11 Å². The molecule has 2 N–H and O–H groups in total. The molecule has 0 bridgehead atoms. The number of rotatable bonds is 7. The van der Waals surface area contributed by atoms with Crippen molar-refractivity contribution in [3.05, 3.63) is 28.7 Å². The Balaban J connectivity index is 2.46. The van der Waals surface area contributed by atoms with Crippen molar-refractivity contribution in [3.63, 3.8) is 0 Å². The zero-order chi connectivity index (χ0) is 15.1. The molecule has 0 saturated heterocycles. The van der Waals surface area contributed by atoms with Gasteiger partial charge in [-0.15, -0.1) is 0 Å². The Morgan fingerprint density at radius 3 is 2.45 bits per heavy atom. The molecule has 0 aliphatic rings. The molecule has 0 saturated carbocycles. The molecule has 2 atom stereocenters. The van der Waals surface area contributed by atoms with Crippen LogP contribution >= 0.6 is 15.9 Å². The lowest BCUT2D eigenvalue weighted by molar-refractivity contribution is -0.148. The largest absolute Gasteiger partial charge is 0.481 e. The van der Waals surface area contributed by atoms with Crippen molar-refractivity contribution in [1.29, 1.82) is 0 Å². The Bertz CT molecular complexity index is 462. The molecule has 1 rings (SSSR count). The summed E-state index contributed by atoms with van der Waals surface area (Å²) in [5.74, 6) is -0.983. The summed E-state index contributed by atoms with van der Waals surface area (Å²) in [7, 11) is 1.27. The van der Waals surface area contributed by atoms with Crippen molar-refractivity contribution < 1.29 is 24.2 Å². The van der Waals surface area contributed by atoms with Gasteiger partial charge in [-0.1, -0.05) is 15.9 Å². The molecule has 0 fully saturated rings. The van der Waals surface area contributed by atoms with Crippen molar-refractivity contribution in [2.24, 2.45) is 0 Å². The van der Waals surface area contributed by atoms with Gasteiger partial charge < -0.3 is 19.9 Å². The lowest BCUT2D eigenvalue weighted by Crippen LogP contribution is -2.43. The first-order valence-electron chi connectivity index (χ1n) is 5.89. The van der Waals surface area contributed by atoms with E-state index in [-0.39, 0.29) is 6.54 Å². The minimum absolute atomic E-state index is 0.112. The lowest BCUT2D eigenvalue weighted by atomic mass is 10.3. The topological polar surface area (TPSA) is 84.9 Å². The molecule has 0 aromatic heterocycles. The highest BCUT2D eigenvalue weighted by molar-refractivity contribution is 9.10. The molecule has 1 aromatic carbocycles. The number of nitrogens with one attached hydrogen (secondary N) is 1. The van der Waals surface area contributed by atoms with Crippen molar-refractivity contribution in [3.8, 4) is 5.75 Å². The van der Waals surface area contributed by atoms with Crippen LogP contribution in [0.15, 0.2) is 28.7 Å². The number of carboxylic acid groups (broad SMARTS) is 1. The molecule has 20 heavy (non-hydrogen) atoms. The van der Waals surface area contributed by atoms with Crippen LogP contribution in [-0.2, 0) is 14.3 Å². The first-order valence-corrected chi connectivity index (χ1v) is 6.69. The average Bonchev–Trinajstić information content (AvgIpc) is 2.41. The Kier molecular flexibility index (Phi) is 6.47. The summed E-state index contributed by atoms with van der Waals surface area (Å²) in [6, 6.07) is 7.04. The van der Waals surface area contributed by atoms with Crippen LogP contribution in [0.1, 0.15) is 6.92 Å². The van der Waals surface area contributed by atoms with Crippen LogP contribution in [0, 0.1) is 0 Å². The summed E-state index contributed by atoms with van der Waals surface area (Å²) in [5.41, 5.74) is 0. The summed E-state index contributed by atoms with van der Waals surface area (Å²) in [6.07, 6.45) is -1.80. The van der Waals surface area contributed by atoms with E-state index in [4.69, 9.17) is 14.6 Å². The van der Waals surface area contributed by atoms with Gasteiger partial charge in [0.1, 0.15) is 5.75 Å². The number of methoxy groups -OCH3 is 1. The summed E-state index contributed by atoms with van der Waals surface area (Å²) >= 11 is 3.30. The van der Waals surface area contributed by atoms with Gasteiger partial charge in [-0.05, 0) is 31.2 Å². The van der Waals surface area contributed by atoms with Gasteiger partial charge in [0.05, 0.1) is 6.54 Å². The number of amides is 1. The van der Waals surface area contributed by atoms with Crippen LogP contribution in [0.2, 0.25) is 0 Å². The normalized spacial score (nSPS) is 13.3. The van der Waals surface area contributed by atoms with Gasteiger partial charge >= 0.3 is 5.97 Å². The Morgan fingerprint density at radius 2 is 1.95 bits per heavy atom. The number of hydrogen-bond acceptors (Lipinski definition) is 4. The number of carbonyl (C=O) groups is 2. The number of halogens is 1. The third-order valence-electron chi connectivity index (χ3n) is 2.52. The number of carbonyl (C=O) groups excluding carboxylic acids is 1. The van der Waals surface area contributed by atoms with Gasteiger partial charge in [0, 0.05) is 11.6 Å². The number of carboxylic acids is 1. The van der Waals surface area contributed by atoms with E-state index in [0.29, 0.717) is 5.75 Å². The molecule has 2 unspecified atom stereocenters. The van der Waals surface area contributed by atoms with E-state index in [9.17, 15) is 9.59 Å². The molecular weight excluding hydrogens is 330 g/mol. The number of ether oxygens (including phenoxy) is 2. The molecule has 7 heteroatoms. The Hall–Kier alpha value is -1.60. The third-order valence-corrected chi connectivity index (χ3v) is 3.05. The predicted octanol–water partition coefficient (Wildman–Crippen LogP) is 1.43. The Labute approximate surface area is 125 Å². The second-order valence-corrected chi connectivity index (χ2v) is 4.94. The van der Waals surface area contributed by atoms with Crippen molar-refractivity contribution in [2.75, 3.05) is 13.7 Å². The molecule has 1 amide bonds. The maximum atomic E-state index is 11.8. The fourth-order valence-electron chi connectivity index (χ4n) is 1.38. The van der Waals surface area contributed by atoms with Gasteiger partial charge in [-0.2, -0.15) is 0 Å². The molecule has 110 valence electrons. The minimum Gasteiger partial charge on any atom is -0.481 e. The van der Waals surface area contributed by atoms with E-state index < -0.39 is 24.1 Å². The quantitative estimate of drug-likeness (QED) is 0.780. The van der Waals surface area contributed by atoms with Gasteiger partial charge in [-0.3, -0.25) is 4.79 Å². The molecule has 0 radical (unpaired) electrons. The number of benzene rings is 1. The van der Waals surface area contributed by atoms with Gasteiger partial charge in [-0.25, -0.2) is 4.79 Å². The first kappa shape index (κ1) is 16.5. The standard InChI is InChI=1S/C13H16BrNO5/c1-8(20-10-5-3-9(14)4-6-10)12(16)15-7-11(19-2)13(17)18/h3-6,8,11H,7H2,1-2H3,(H,15,16)(H,17,18). The molecule has 0 aliphatic carbocycles. The predicted molar refractivity (Wildman–Crippen MR) is 75.7 cm³/mol. The summed E-state index contributed by atoms with van der Waals surface area (Å²) < 4.78 is 11.1. The summed E-state index contributed by atoms with van der Waals surface area (Å²) in [6.45, 7) is 1.47. The molecule has 0 aliphatic heterocycles. The molecule has 0 spiro atoms. The van der Waals surface area contributed by atoms with Gasteiger partial charge in [0.2, 0.25) is 0 Å². The van der Waals surface area contributed by atoms with Crippen LogP contribution in [0.5, 0.6) is 5.75 Å². The van der Waals surface area contributed by atoms with Crippen molar-refractivity contribution >= 4 is 27.8 Å². The lowest BCUT2D eigenvalue weighted by Gasteiger charge is -2.16. The van der Waals surface area contributed by atoms with Gasteiger partial charge in [0.15, 0.2) is 12.2 Å². The monoisotopic (exact) mass is 345 g/mol.